The van der Waals surface area contributed by atoms with Gasteiger partial charge in [-0.2, -0.15) is 0 Å². The SMILES string of the molecule is CCC(CNCC(C)C)N(CC)Cc1cccs1. The summed E-state index contributed by atoms with van der Waals surface area (Å²) in [4.78, 5) is 4.05. The molecule has 0 aliphatic carbocycles. The fourth-order valence-corrected chi connectivity index (χ4v) is 2.90. The van der Waals surface area contributed by atoms with Crippen LogP contribution < -0.4 is 5.32 Å². The van der Waals surface area contributed by atoms with E-state index in [4.69, 9.17) is 0 Å². The number of rotatable bonds is 9. The molecule has 1 heterocycles. The van der Waals surface area contributed by atoms with Gasteiger partial charge in [-0.05, 0) is 36.9 Å². The molecular formula is C15H28N2S. The molecule has 1 rings (SSSR count). The second kappa shape index (κ2) is 8.68. The van der Waals surface area contributed by atoms with E-state index in [1.807, 2.05) is 11.3 Å². The molecule has 0 fully saturated rings. The van der Waals surface area contributed by atoms with Crippen LogP contribution in [0.3, 0.4) is 0 Å². The van der Waals surface area contributed by atoms with Crippen molar-refractivity contribution in [3.05, 3.63) is 22.4 Å². The Balaban J connectivity index is 2.44. The van der Waals surface area contributed by atoms with Crippen LogP contribution in [0.4, 0.5) is 0 Å². The Morgan fingerprint density at radius 1 is 1.28 bits per heavy atom. The Kier molecular flexibility index (Phi) is 7.56. The molecule has 104 valence electrons. The second-order valence-corrected chi connectivity index (χ2v) is 6.29. The predicted molar refractivity (Wildman–Crippen MR) is 82.2 cm³/mol. The maximum Gasteiger partial charge on any atom is 0.0331 e. The number of nitrogens with one attached hydrogen (secondary N) is 1. The first-order chi connectivity index (χ1) is 8.67. The molecule has 0 amide bonds. The van der Waals surface area contributed by atoms with Gasteiger partial charge in [0.25, 0.3) is 0 Å². The Labute approximate surface area is 116 Å². The van der Waals surface area contributed by atoms with Crippen LogP contribution in [-0.2, 0) is 6.54 Å². The first kappa shape index (κ1) is 15.7. The van der Waals surface area contributed by atoms with Gasteiger partial charge < -0.3 is 5.32 Å². The lowest BCUT2D eigenvalue weighted by atomic mass is 10.1. The molecule has 1 atom stereocenters. The maximum absolute atomic E-state index is 3.59. The molecule has 0 radical (unpaired) electrons. The standard InChI is InChI=1S/C15H28N2S/c1-5-14(11-16-10-13(3)4)17(6-2)12-15-8-7-9-18-15/h7-9,13-14,16H,5-6,10-12H2,1-4H3. The molecule has 1 aromatic heterocycles. The zero-order chi connectivity index (χ0) is 13.4. The van der Waals surface area contributed by atoms with E-state index in [0.717, 1.165) is 32.1 Å². The van der Waals surface area contributed by atoms with Crippen LogP contribution >= 0.6 is 11.3 Å². The van der Waals surface area contributed by atoms with Gasteiger partial charge >= 0.3 is 0 Å². The molecule has 0 bridgehead atoms. The van der Waals surface area contributed by atoms with Gasteiger partial charge in [0, 0.05) is 24.0 Å². The van der Waals surface area contributed by atoms with Crippen molar-refractivity contribution in [3.63, 3.8) is 0 Å². The molecule has 0 saturated carbocycles. The summed E-state index contributed by atoms with van der Waals surface area (Å²) >= 11 is 1.86. The van der Waals surface area contributed by atoms with Gasteiger partial charge in [-0.25, -0.2) is 0 Å². The van der Waals surface area contributed by atoms with Gasteiger partial charge in [0.1, 0.15) is 0 Å². The van der Waals surface area contributed by atoms with Gasteiger partial charge in [-0.15, -0.1) is 11.3 Å². The number of hydrogen-bond donors (Lipinski definition) is 1. The van der Waals surface area contributed by atoms with Crippen molar-refractivity contribution >= 4 is 11.3 Å². The minimum atomic E-state index is 0.649. The normalized spacial score (nSPS) is 13.4. The van der Waals surface area contributed by atoms with Crippen molar-refractivity contribution in [1.29, 1.82) is 0 Å². The van der Waals surface area contributed by atoms with Gasteiger partial charge in [0.15, 0.2) is 0 Å². The van der Waals surface area contributed by atoms with Crippen molar-refractivity contribution in [1.82, 2.24) is 10.2 Å². The molecule has 0 aromatic carbocycles. The van der Waals surface area contributed by atoms with Gasteiger partial charge in [-0.3, -0.25) is 4.90 Å². The van der Waals surface area contributed by atoms with Gasteiger partial charge in [-0.1, -0.05) is 33.8 Å². The van der Waals surface area contributed by atoms with Crippen molar-refractivity contribution in [2.45, 2.75) is 46.7 Å². The lowest BCUT2D eigenvalue weighted by Crippen LogP contribution is -2.42. The van der Waals surface area contributed by atoms with Crippen molar-refractivity contribution in [2.24, 2.45) is 5.92 Å². The molecule has 18 heavy (non-hydrogen) atoms. The number of likely N-dealkylation sites (N-methyl/N-ethyl adjacent to an activating group) is 1. The van der Waals surface area contributed by atoms with E-state index in [2.05, 4.69) is 55.4 Å². The topological polar surface area (TPSA) is 15.3 Å². The second-order valence-electron chi connectivity index (χ2n) is 5.26. The maximum atomic E-state index is 3.59. The Morgan fingerprint density at radius 3 is 2.56 bits per heavy atom. The van der Waals surface area contributed by atoms with E-state index in [9.17, 15) is 0 Å². The summed E-state index contributed by atoms with van der Waals surface area (Å²) in [6.07, 6.45) is 1.21. The highest BCUT2D eigenvalue weighted by atomic mass is 32.1. The van der Waals surface area contributed by atoms with Crippen LogP contribution in [0.25, 0.3) is 0 Å². The lowest BCUT2D eigenvalue weighted by Gasteiger charge is -2.30. The summed E-state index contributed by atoms with van der Waals surface area (Å²) in [7, 11) is 0. The highest BCUT2D eigenvalue weighted by Gasteiger charge is 2.15. The van der Waals surface area contributed by atoms with Crippen molar-refractivity contribution < 1.29 is 0 Å². The third-order valence-electron chi connectivity index (χ3n) is 3.27. The van der Waals surface area contributed by atoms with Crippen LogP contribution in [0.1, 0.15) is 39.0 Å². The minimum absolute atomic E-state index is 0.649. The fourth-order valence-electron chi connectivity index (χ4n) is 2.17. The van der Waals surface area contributed by atoms with Crippen LogP contribution in [0.2, 0.25) is 0 Å². The molecular weight excluding hydrogens is 240 g/mol. The van der Waals surface area contributed by atoms with Crippen LogP contribution in [-0.4, -0.2) is 30.6 Å². The van der Waals surface area contributed by atoms with Crippen LogP contribution in [0.5, 0.6) is 0 Å². The minimum Gasteiger partial charge on any atom is -0.315 e. The van der Waals surface area contributed by atoms with E-state index >= 15 is 0 Å². The first-order valence-corrected chi connectivity index (χ1v) is 8.02. The molecule has 0 aliphatic rings. The van der Waals surface area contributed by atoms with E-state index in [1.54, 1.807) is 0 Å². The average Bonchev–Trinajstić information content (AvgIpc) is 2.85. The molecule has 1 N–H and O–H groups in total. The van der Waals surface area contributed by atoms with Crippen molar-refractivity contribution in [3.8, 4) is 0 Å². The molecule has 2 nitrogen and oxygen atoms in total. The van der Waals surface area contributed by atoms with E-state index < -0.39 is 0 Å². The Bertz CT molecular complexity index is 295. The Hall–Kier alpha value is -0.380. The first-order valence-electron chi connectivity index (χ1n) is 7.14. The predicted octanol–water partition coefficient (Wildman–Crippen LogP) is 3.59. The van der Waals surface area contributed by atoms with Gasteiger partial charge in [0.2, 0.25) is 0 Å². The number of thiophene rings is 1. The van der Waals surface area contributed by atoms with E-state index in [0.29, 0.717) is 6.04 Å². The third-order valence-corrected chi connectivity index (χ3v) is 4.13. The zero-order valence-corrected chi connectivity index (χ0v) is 13.1. The van der Waals surface area contributed by atoms with Crippen LogP contribution in [0.15, 0.2) is 17.5 Å². The van der Waals surface area contributed by atoms with Crippen molar-refractivity contribution in [2.75, 3.05) is 19.6 Å². The van der Waals surface area contributed by atoms with Crippen LogP contribution in [0, 0.1) is 5.92 Å². The number of hydrogen-bond acceptors (Lipinski definition) is 3. The van der Waals surface area contributed by atoms with E-state index in [1.165, 1.54) is 11.3 Å². The lowest BCUT2D eigenvalue weighted by molar-refractivity contribution is 0.188. The van der Waals surface area contributed by atoms with Gasteiger partial charge in [0.05, 0.1) is 0 Å². The molecule has 0 spiro atoms. The highest BCUT2D eigenvalue weighted by molar-refractivity contribution is 7.09. The smallest absolute Gasteiger partial charge is 0.0331 e. The molecule has 0 saturated heterocycles. The summed E-state index contributed by atoms with van der Waals surface area (Å²) in [6.45, 7) is 13.5. The summed E-state index contributed by atoms with van der Waals surface area (Å²) in [5, 5.41) is 5.76. The molecule has 3 heteroatoms. The monoisotopic (exact) mass is 268 g/mol. The largest absolute Gasteiger partial charge is 0.315 e. The summed E-state index contributed by atoms with van der Waals surface area (Å²) < 4.78 is 0. The summed E-state index contributed by atoms with van der Waals surface area (Å²) in [5.74, 6) is 0.731. The summed E-state index contributed by atoms with van der Waals surface area (Å²) in [5.41, 5.74) is 0. The zero-order valence-electron chi connectivity index (χ0n) is 12.3. The highest BCUT2D eigenvalue weighted by Crippen LogP contribution is 2.14. The third kappa shape index (κ3) is 5.51. The molecule has 1 unspecified atom stereocenters. The molecule has 1 aromatic rings. The average molecular weight is 268 g/mol. The Morgan fingerprint density at radius 2 is 2.06 bits per heavy atom. The fraction of sp³-hybridized carbons (Fsp3) is 0.733. The van der Waals surface area contributed by atoms with E-state index in [-0.39, 0.29) is 0 Å². The summed E-state index contributed by atoms with van der Waals surface area (Å²) in [6, 6.07) is 5.03. The molecule has 0 aliphatic heterocycles. The number of nitrogens with zero attached hydrogens (tertiary/aromatic N) is 1. The quantitative estimate of drug-likeness (QED) is 0.736.